The molecule has 0 radical (unpaired) electrons. The van der Waals surface area contributed by atoms with E-state index in [1.54, 1.807) is 6.07 Å². The van der Waals surface area contributed by atoms with E-state index in [1.807, 2.05) is 14.1 Å². The summed E-state index contributed by atoms with van der Waals surface area (Å²) in [6.45, 7) is 0.643. The van der Waals surface area contributed by atoms with Gasteiger partial charge in [0.2, 0.25) is 0 Å². The molecule has 0 fully saturated rings. The third kappa shape index (κ3) is 2.70. The summed E-state index contributed by atoms with van der Waals surface area (Å²) in [7, 11) is 5.41. The summed E-state index contributed by atoms with van der Waals surface area (Å²) in [5, 5.41) is 9.80. The van der Waals surface area contributed by atoms with Crippen LogP contribution in [0.3, 0.4) is 0 Å². The molecule has 0 bridgehead atoms. The van der Waals surface area contributed by atoms with Gasteiger partial charge in [-0.2, -0.15) is 0 Å². The second-order valence-corrected chi connectivity index (χ2v) is 3.73. The molecule has 0 spiro atoms. The molecule has 0 saturated carbocycles. The van der Waals surface area contributed by atoms with E-state index in [0.717, 1.165) is 16.7 Å². The highest BCUT2D eigenvalue weighted by molar-refractivity contribution is 5.77. The average molecular weight is 210 g/mol. The Balaban J connectivity index is 3.17. The van der Waals surface area contributed by atoms with Crippen LogP contribution in [0, 0.1) is 0 Å². The van der Waals surface area contributed by atoms with Crippen molar-refractivity contribution in [3.8, 4) is 11.5 Å². The predicted octanol–water partition coefficient (Wildman–Crippen LogP) is -0.142. The van der Waals surface area contributed by atoms with Gasteiger partial charge >= 0.3 is 0 Å². The molecule has 0 aliphatic heterocycles. The molecule has 0 aromatic heterocycles. The Kier molecular flexibility index (Phi) is 3.68. The van der Waals surface area contributed by atoms with E-state index in [1.165, 1.54) is 13.2 Å². The number of hydrogen-bond donors (Lipinski definition) is 2. The summed E-state index contributed by atoms with van der Waals surface area (Å²) >= 11 is 0. The van der Waals surface area contributed by atoms with Crippen LogP contribution in [0.1, 0.15) is 15.9 Å². The number of ether oxygens (including phenoxy) is 1. The minimum absolute atomic E-state index is 0.115. The number of rotatable bonds is 4. The number of phenolic OH excluding ortho intramolecular Hbond substituents is 1. The number of carbonyl (C=O) groups excluding carboxylic acids is 1. The molecule has 1 aromatic rings. The van der Waals surface area contributed by atoms with Crippen molar-refractivity contribution in [3.63, 3.8) is 0 Å². The van der Waals surface area contributed by atoms with E-state index < -0.39 is 0 Å². The molecule has 1 rings (SSSR count). The third-order valence-electron chi connectivity index (χ3n) is 2.08. The first-order chi connectivity index (χ1) is 7.08. The topological polar surface area (TPSA) is 51.0 Å². The Hall–Kier alpha value is -1.55. The lowest BCUT2D eigenvalue weighted by atomic mass is 10.1. The predicted molar refractivity (Wildman–Crippen MR) is 56.6 cm³/mol. The number of hydrogen-bond acceptors (Lipinski definition) is 3. The Morgan fingerprint density at radius 3 is 2.60 bits per heavy atom. The standard InChI is InChI=1S/C11H15NO3/c1-12(2)6-9-4-8(7-13)5-10(15-3)11(9)14/h4-5,7,14H,6H2,1-3H3/p+1. The maximum Gasteiger partial charge on any atom is 0.166 e. The van der Waals surface area contributed by atoms with E-state index in [2.05, 4.69) is 0 Å². The van der Waals surface area contributed by atoms with Crippen molar-refractivity contribution in [3.05, 3.63) is 23.3 Å². The van der Waals surface area contributed by atoms with Gasteiger partial charge in [-0.3, -0.25) is 4.79 Å². The molecule has 82 valence electrons. The van der Waals surface area contributed by atoms with Crippen molar-refractivity contribution in [2.24, 2.45) is 0 Å². The second-order valence-electron chi connectivity index (χ2n) is 3.73. The summed E-state index contributed by atoms with van der Waals surface area (Å²) in [6, 6.07) is 3.20. The van der Waals surface area contributed by atoms with Crippen molar-refractivity contribution in [1.29, 1.82) is 0 Å². The molecule has 0 heterocycles. The lowest BCUT2D eigenvalue weighted by molar-refractivity contribution is -0.872. The van der Waals surface area contributed by atoms with Gasteiger partial charge < -0.3 is 14.7 Å². The van der Waals surface area contributed by atoms with Crippen LogP contribution in [0.4, 0.5) is 0 Å². The number of nitrogens with one attached hydrogen (secondary N) is 1. The van der Waals surface area contributed by atoms with Gasteiger partial charge in [0.25, 0.3) is 0 Å². The Bertz CT molecular complexity index is 361. The van der Waals surface area contributed by atoms with Crippen molar-refractivity contribution < 1.29 is 19.5 Å². The first kappa shape index (κ1) is 11.5. The fourth-order valence-corrected chi connectivity index (χ4v) is 1.43. The van der Waals surface area contributed by atoms with Crippen LogP contribution in [-0.4, -0.2) is 32.6 Å². The number of aromatic hydroxyl groups is 1. The van der Waals surface area contributed by atoms with Crippen LogP contribution in [0.25, 0.3) is 0 Å². The molecule has 4 heteroatoms. The Morgan fingerprint density at radius 1 is 1.47 bits per heavy atom. The quantitative estimate of drug-likeness (QED) is 0.680. The van der Waals surface area contributed by atoms with Crippen LogP contribution >= 0.6 is 0 Å². The molecule has 1 aromatic carbocycles. The molecule has 0 aliphatic carbocycles. The summed E-state index contributed by atoms with van der Waals surface area (Å²) in [5.41, 5.74) is 1.23. The zero-order valence-electron chi connectivity index (χ0n) is 9.20. The van der Waals surface area contributed by atoms with E-state index >= 15 is 0 Å². The minimum Gasteiger partial charge on any atom is -0.504 e. The van der Waals surface area contributed by atoms with Crippen molar-refractivity contribution in [1.82, 2.24) is 0 Å². The number of quaternary nitrogens is 1. The van der Waals surface area contributed by atoms with E-state index in [0.29, 0.717) is 17.9 Å². The third-order valence-corrected chi connectivity index (χ3v) is 2.08. The summed E-state index contributed by atoms with van der Waals surface area (Å²) < 4.78 is 4.99. The molecular formula is C11H16NO3+. The summed E-state index contributed by atoms with van der Waals surface area (Å²) in [4.78, 5) is 11.8. The Morgan fingerprint density at radius 2 is 2.13 bits per heavy atom. The largest absolute Gasteiger partial charge is 0.504 e. The summed E-state index contributed by atoms with van der Waals surface area (Å²) in [5.74, 6) is 0.458. The molecule has 4 nitrogen and oxygen atoms in total. The highest BCUT2D eigenvalue weighted by Gasteiger charge is 2.12. The first-order valence-electron chi connectivity index (χ1n) is 4.72. The van der Waals surface area contributed by atoms with Crippen LogP contribution in [0.15, 0.2) is 12.1 Å². The number of aldehydes is 1. The van der Waals surface area contributed by atoms with Crippen molar-refractivity contribution in [2.45, 2.75) is 6.54 Å². The van der Waals surface area contributed by atoms with Gasteiger partial charge in [-0.05, 0) is 12.1 Å². The van der Waals surface area contributed by atoms with Crippen molar-refractivity contribution >= 4 is 6.29 Å². The van der Waals surface area contributed by atoms with E-state index in [4.69, 9.17) is 4.74 Å². The van der Waals surface area contributed by atoms with Gasteiger partial charge in [0.05, 0.1) is 26.8 Å². The van der Waals surface area contributed by atoms with Gasteiger partial charge in [-0.15, -0.1) is 0 Å². The van der Waals surface area contributed by atoms with E-state index in [-0.39, 0.29) is 5.75 Å². The summed E-state index contributed by atoms with van der Waals surface area (Å²) in [6.07, 6.45) is 0.746. The number of benzene rings is 1. The molecule has 0 amide bonds. The number of carbonyl (C=O) groups is 1. The maximum atomic E-state index is 10.7. The van der Waals surface area contributed by atoms with Gasteiger partial charge in [-0.25, -0.2) is 0 Å². The molecule has 15 heavy (non-hydrogen) atoms. The first-order valence-corrected chi connectivity index (χ1v) is 4.72. The molecule has 2 N–H and O–H groups in total. The highest BCUT2D eigenvalue weighted by atomic mass is 16.5. The van der Waals surface area contributed by atoms with Gasteiger partial charge in [-0.1, -0.05) is 0 Å². The maximum absolute atomic E-state index is 10.7. The normalized spacial score (nSPS) is 10.4. The molecule has 0 atom stereocenters. The van der Waals surface area contributed by atoms with E-state index in [9.17, 15) is 9.90 Å². The lowest BCUT2D eigenvalue weighted by Gasteiger charge is -2.12. The smallest absolute Gasteiger partial charge is 0.166 e. The zero-order chi connectivity index (χ0) is 11.4. The number of methoxy groups -OCH3 is 1. The van der Waals surface area contributed by atoms with Crippen LogP contribution in [0.5, 0.6) is 11.5 Å². The molecular weight excluding hydrogens is 194 g/mol. The SMILES string of the molecule is COc1cc(C=O)cc(C[NH+](C)C)c1O. The minimum atomic E-state index is 0.115. The van der Waals surface area contributed by atoms with Gasteiger partial charge in [0.15, 0.2) is 11.5 Å². The second kappa shape index (κ2) is 4.79. The van der Waals surface area contributed by atoms with Crippen LogP contribution in [0.2, 0.25) is 0 Å². The average Bonchev–Trinajstić information content (AvgIpc) is 2.20. The zero-order valence-corrected chi connectivity index (χ0v) is 9.20. The molecule has 0 unspecified atom stereocenters. The van der Waals surface area contributed by atoms with Gasteiger partial charge in [0.1, 0.15) is 12.8 Å². The Labute approximate surface area is 89.1 Å². The molecule has 0 aliphatic rings. The number of phenols is 1. The molecule has 0 saturated heterocycles. The fraction of sp³-hybridized carbons (Fsp3) is 0.364. The van der Waals surface area contributed by atoms with Crippen molar-refractivity contribution in [2.75, 3.05) is 21.2 Å². The van der Waals surface area contributed by atoms with Gasteiger partial charge in [0, 0.05) is 5.56 Å². The van der Waals surface area contributed by atoms with Crippen LogP contribution < -0.4 is 9.64 Å². The monoisotopic (exact) mass is 210 g/mol. The van der Waals surface area contributed by atoms with Crippen LogP contribution in [-0.2, 0) is 6.54 Å². The lowest BCUT2D eigenvalue weighted by Crippen LogP contribution is -3.04. The highest BCUT2D eigenvalue weighted by Crippen LogP contribution is 2.30. The fourth-order valence-electron chi connectivity index (χ4n) is 1.43.